The minimum Gasteiger partial charge on any atom is -0.347 e. The van der Waals surface area contributed by atoms with E-state index in [2.05, 4.69) is 52.7 Å². The topological polar surface area (TPSA) is 17.0 Å². The molecule has 0 aliphatic rings. The van der Waals surface area contributed by atoms with Crippen LogP contribution in [-0.2, 0) is 6.54 Å². The highest BCUT2D eigenvalue weighted by Crippen LogP contribution is 2.15. The molecule has 0 spiro atoms. The lowest BCUT2D eigenvalue weighted by molar-refractivity contribution is 0.577. The van der Waals surface area contributed by atoms with Crippen molar-refractivity contribution in [3.8, 4) is 0 Å². The number of benzene rings is 1. The van der Waals surface area contributed by atoms with E-state index in [1.54, 1.807) is 0 Å². The highest BCUT2D eigenvalue weighted by atomic mass is 32.2. The molecule has 0 aliphatic heterocycles. The van der Waals surface area contributed by atoms with Gasteiger partial charge in [-0.1, -0.05) is 18.2 Å². The van der Waals surface area contributed by atoms with Gasteiger partial charge in [-0.25, -0.2) is 0 Å². The van der Waals surface area contributed by atoms with Gasteiger partial charge >= 0.3 is 0 Å². The number of fused-ring (bicyclic) bond motifs is 1. The van der Waals surface area contributed by atoms with E-state index in [9.17, 15) is 0 Å². The van der Waals surface area contributed by atoms with Crippen molar-refractivity contribution in [2.45, 2.75) is 25.8 Å². The highest BCUT2D eigenvalue weighted by molar-refractivity contribution is 7.98. The smallest absolute Gasteiger partial charge is 0.0480 e. The summed E-state index contributed by atoms with van der Waals surface area (Å²) in [5, 5.41) is 4.87. The fourth-order valence-corrected chi connectivity index (χ4v) is 2.82. The Labute approximate surface area is 120 Å². The minimum atomic E-state index is 1.10. The molecule has 0 aliphatic carbocycles. The van der Waals surface area contributed by atoms with Crippen molar-refractivity contribution >= 4 is 22.7 Å². The Balaban J connectivity index is 1.63. The lowest BCUT2D eigenvalue weighted by Gasteiger charge is -2.07. The third kappa shape index (κ3) is 4.59. The number of aryl methyl sites for hydroxylation is 1. The standard InChI is InChI=1S/C16H24N2S/c1-19-14-5-4-10-17-11-6-12-18-13-9-15-7-2-3-8-16(15)18/h2-3,7-9,13,17H,4-6,10-12,14H2,1H3. The molecule has 0 bridgehead atoms. The van der Waals surface area contributed by atoms with Crippen molar-refractivity contribution in [2.24, 2.45) is 0 Å². The summed E-state index contributed by atoms with van der Waals surface area (Å²) < 4.78 is 2.35. The normalized spacial score (nSPS) is 11.2. The molecule has 2 aromatic rings. The number of unbranched alkanes of at least 4 members (excludes halogenated alkanes) is 1. The van der Waals surface area contributed by atoms with Crippen LogP contribution in [0.3, 0.4) is 0 Å². The van der Waals surface area contributed by atoms with Gasteiger partial charge in [0.25, 0.3) is 0 Å². The number of aromatic nitrogens is 1. The lowest BCUT2D eigenvalue weighted by atomic mass is 10.2. The Kier molecular flexibility index (Phi) is 6.31. The number of hydrogen-bond donors (Lipinski definition) is 1. The van der Waals surface area contributed by atoms with Gasteiger partial charge in [0.05, 0.1) is 0 Å². The van der Waals surface area contributed by atoms with E-state index in [0.29, 0.717) is 0 Å². The summed E-state index contributed by atoms with van der Waals surface area (Å²) >= 11 is 1.94. The van der Waals surface area contributed by atoms with Crippen molar-refractivity contribution in [2.75, 3.05) is 25.1 Å². The molecule has 0 unspecified atom stereocenters. The Morgan fingerprint density at radius 2 is 1.89 bits per heavy atom. The van der Waals surface area contributed by atoms with Gasteiger partial charge in [0.15, 0.2) is 0 Å². The number of nitrogens with one attached hydrogen (secondary N) is 1. The first-order valence-corrected chi connectivity index (χ1v) is 8.55. The molecule has 0 atom stereocenters. The van der Waals surface area contributed by atoms with Crippen LogP contribution in [0.2, 0.25) is 0 Å². The largest absolute Gasteiger partial charge is 0.347 e. The SMILES string of the molecule is CSCCCCNCCCn1ccc2ccccc21. The average molecular weight is 276 g/mol. The Hall–Kier alpha value is -0.930. The zero-order valence-corrected chi connectivity index (χ0v) is 12.6. The molecule has 0 saturated heterocycles. The third-order valence-electron chi connectivity index (χ3n) is 3.38. The van der Waals surface area contributed by atoms with Gasteiger partial charge in [0.2, 0.25) is 0 Å². The molecule has 104 valence electrons. The van der Waals surface area contributed by atoms with Crippen LogP contribution in [0.4, 0.5) is 0 Å². The molecule has 1 N–H and O–H groups in total. The molecule has 0 amide bonds. The van der Waals surface area contributed by atoms with Crippen molar-refractivity contribution in [1.29, 1.82) is 0 Å². The van der Waals surface area contributed by atoms with Gasteiger partial charge in [-0.3, -0.25) is 0 Å². The molecular weight excluding hydrogens is 252 g/mol. The van der Waals surface area contributed by atoms with E-state index in [4.69, 9.17) is 0 Å². The highest BCUT2D eigenvalue weighted by Gasteiger charge is 1.98. The van der Waals surface area contributed by atoms with Crippen LogP contribution in [0.25, 0.3) is 10.9 Å². The fourth-order valence-electron chi connectivity index (χ4n) is 2.33. The molecule has 0 fully saturated rings. The first kappa shape index (κ1) is 14.5. The van der Waals surface area contributed by atoms with E-state index in [1.165, 1.54) is 35.9 Å². The van der Waals surface area contributed by atoms with Crippen molar-refractivity contribution in [1.82, 2.24) is 9.88 Å². The summed E-state index contributed by atoms with van der Waals surface area (Å²) in [5.41, 5.74) is 1.35. The van der Waals surface area contributed by atoms with E-state index < -0.39 is 0 Å². The van der Waals surface area contributed by atoms with Crippen molar-refractivity contribution in [3.63, 3.8) is 0 Å². The predicted molar refractivity (Wildman–Crippen MR) is 87.0 cm³/mol. The molecule has 3 heteroatoms. The second-order valence-corrected chi connectivity index (χ2v) is 5.86. The zero-order chi connectivity index (χ0) is 13.3. The van der Waals surface area contributed by atoms with Crippen molar-refractivity contribution < 1.29 is 0 Å². The van der Waals surface area contributed by atoms with Crippen LogP contribution in [0.1, 0.15) is 19.3 Å². The Morgan fingerprint density at radius 1 is 1.05 bits per heavy atom. The van der Waals surface area contributed by atoms with Gasteiger partial charge in [-0.05, 0) is 61.9 Å². The summed E-state index contributed by atoms with van der Waals surface area (Å²) in [6.07, 6.45) is 8.20. The van der Waals surface area contributed by atoms with Crippen LogP contribution in [0.15, 0.2) is 36.5 Å². The first-order valence-electron chi connectivity index (χ1n) is 7.15. The third-order valence-corrected chi connectivity index (χ3v) is 4.08. The Bertz CT molecular complexity index is 478. The van der Waals surface area contributed by atoms with E-state index >= 15 is 0 Å². The van der Waals surface area contributed by atoms with Crippen LogP contribution < -0.4 is 5.32 Å². The molecule has 2 rings (SSSR count). The van der Waals surface area contributed by atoms with Gasteiger partial charge in [-0.15, -0.1) is 0 Å². The molecule has 2 nitrogen and oxygen atoms in total. The van der Waals surface area contributed by atoms with Crippen LogP contribution in [0, 0.1) is 0 Å². The molecule has 1 aromatic carbocycles. The molecule has 0 saturated carbocycles. The zero-order valence-electron chi connectivity index (χ0n) is 11.8. The summed E-state index contributed by atoms with van der Waals surface area (Å²) in [7, 11) is 0. The summed E-state index contributed by atoms with van der Waals surface area (Å²) in [5.74, 6) is 1.29. The summed E-state index contributed by atoms with van der Waals surface area (Å²) in [6.45, 7) is 3.38. The molecule has 19 heavy (non-hydrogen) atoms. The second-order valence-electron chi connectivity index (χ2n) is 4.87. The second kappa shape index (κ2) is 8.28. The van der Waals surface area contributed by atoms with E-state index in [-0.39, 0.29) is 0 Å². The maximum absolute atomic E-state index is 3.53. The minimum absolute atomic E-state index is 1.10. The van der Waals surface area contributed by atoms with Gasteiger partial charge < -0.3 is 9.88 Å². The van der Waals surface area contributed by atoms with Gasteiger partial charge in [0, 0.05) is 18.3 Å². The predicted octanol–water partition coefficient (Wildman–Crippen LogP) is 3.76. The lowest BCUT2D eigenvalue weighted by Crippen LogP contribution is -2.18. The van der Waals surface area contributed by atoms with Crippen LogP contribution >= 0.6 is 11.8 Å². The van der Waals surface area contributed by atoms with Gasteiger partial charge in [-0.2, -0.15) is 11.8 Å². The quantitative estimate of drug-likeness (QED) is 0.702. The van der Waals surface area contributed by atoms with Crippen molar-refractivity contribution in [3.05, 3.63) is 36.5 Å². The monoisotopic (exact) mass is 276 g/mol. The molecule has 1 heterocycles. The maximum Gasteiger partial charge on any atom is 0.0480 e. The molecule has 1 aromatic heterocycles. The van der Waals surface area contributed by atoms with Gasteiger partial charge in [0.1, 0.15) is 0 Å². The fraction of sp³-hybridized carbons (Fsp3) is 0.500. The number of rotatable bonds is 9. The number of para-hydroxylation sites is 1. The summed E-state index contributed by atoms with van der Waals surface area (Å²) in [4.78, 5) is 0. The van der Waals surface area contributed by atoms with E-state index in [0.717, 1.165) is 19.6 Å². The maximum atomic E-state index is 3.53. The van der Waals surface area contributed by atoms with E-state index in [1.807, 2.05) is 11.8 Å². The number of thioether (sulfide) groups is 1. The summed E-state index contributed by atoms with van der Waals surface area (Å²) in [6, 6.07) is 10.8. The molecular formula is C16H24N2S. The average Bonchev–Trinajstić information content (AvgIpc) is 2.85. The number of hydrogen-bond acceptors (Lipinski definition) is 2. The van der Waals surface area contributed by atoms with Crippen LogP contribution in [-0.4, -0.2) is 29.7 Å². The Morgan fingerprint density at radius 3 is 2.79 bits per heavy atom. The first-order chi connectivity index (χ1) is 9.42. The number of nitrogens with zero attached hydrogens (tertiary/aromatic N) is 1. The molecule has 0 radical (unpaired) electrons. The van der Waals surface area contributed by atoms with Crippen LogP contribution in [0.5, 0.6) is 0 Å².